The van der Waals surface area contributed by atoms with Gasteiger partial charge in [-0.25, -0.2) is 0 Å². The van der Waals surface area contributed by atoms with E-state index in [1.165, 1.54) is 0 Å². The summed E-state index contributed by atoms with van der Waals surface area (Å²) >= 11 is 0. The zero-order valence-corrected chi connectivity index (χ0v) is 16.4. The summed E-state index contributed by atoms with van der Waals surface area (Å²) < 4.78 is 16.7. The molecule has 1 atom stereocenters. The van der Waals surface area contributed by atoms with Gasteiger partial charge in [-0.3, -0.25) is 4.90 Å². The first-order chi connectivity index (χ1) is 14.8. The van der Waals surface area contributed by atoms with Gasteiger partial charge in [0.25, 0.3) is 0 Å². The number of furan rings is 1. The summed E-state index contributed by atoms with van der Waals surface area (Å²) in [6, 6.07) is 13.6. The van der Waals surface area contributed by atoms with Gasteiger partial charge in [-0.1, -0.05) is 23.4 Å². The minimum absolute atomic E-state index is 0.297. The molecule has 8 nitrogen and oxygen atoms in total. The van der Waals surface area contributed by atoms with Crippen molar-refractivity contribution in [2.45, 2.75) is 31.7 Å². The lowest BCUT2D eigenvalue weighted by atomic mass is 9.91. The molecule has 1 unspecified atom stereocenters. The van der Waals surface area contributed by atoms with E-state index < -0.39 is 0 Å². The first-order valence-corrected chi connectivity index (χ1v) is 10.3. The fraction of sp³-hybridized carbons (Fsp3) is 0.364. The molecule has 30 heavy (non-hydrogen) atoms. The van der Waals surface area contributed by atoms with Gasteiger partial charge in [-0.05, 0) is 62.0 Å². The fourth-order valence-electron chi connectivity index (χ4n) is 4.49. The zero-order chi connectivity index (χ0) is 20.0. The lowest BCUT2D eigenvalue weighted by Gasteiger charge is -2.31. The van der Waals surface area contributed by atoms with Crippen LogP contribution >= 0.6 is 0 Å². The van der Waals surface area contributed by atoms with E-state index in [0.29, 0.717) is 41.2 Å². The molecule has 1 saturated carbocycles. The first-order valence-electron chi connectivity index (χ1n) is 10.3. The van der Waals surface area contributed by atoms with Gasteiger partial charge in [0.1, 0.15) is 0 Å². The van der Waals surface area contributed by atoms with Gasteiger partial charge >= 0.3 is 0 Å². The average molecular weight is 403 g/mol. The Morgan fingerprint density at radius 3 is 2.70 bits per heavy atom. The van der Waals surface area contributed by atoms with Gasteiger partial charge in [0, 0.05) is 11.5 Å². The largest absolute Gasteiger partial charge is 0.461 e. The molecular formula is C22H21N5O3. The molecule has 3 aromatic heterocycles. The Kier molecular flexibility index (Phi) is 4.05. The normalized spacial score (nSPS) is 20.6. The third-order valence-corrected chi connectivity index (χ3v) is 6.37. The van der Waals surface area contributed by atoms with Crippen LogP contribution in [0.3, 0.4) is 0 Å². The Morgan fingerprint density at radius 2 is 1.90 bits per heavy atom. The molecule has 0 bridgehead atoms. The number of hydrogen-bond acceptors (Lipinski definition) is 8. The van der Waals surface area contributed by atoms with E-state index in [9.17, 15) is 0 Å². The van der Waals surface area contributed by atoms with Crippen LogP contribution in [0.5, 0.6) is 0 Å². The maximum absolute atomic E-state index is 6.00. The second-order valence-electron chi connectivity index (χ2n) is 8.20. The van der Waals surface area contributed by atoms with Gasteiger partial charge < -0.3 is 13.4 Å². The van der Waals surface area contributed by atoms with Crippen LogP contribution in [0, 0.1) is 5.41 Å². The third-order valence-electron chi connectivity index (χ3n) is 6.37. The van der Waals surface area contributed by atoms with Crippen LogP contribution in [0.4, 0.5) is 0 Å². The van der Waals surface area contributed by atoms with Crippen LogP contribution in [0.2, 0.25) is 0 Å². The number of benzene rings is 1. The van der Waals surface area contributed by atoms with Crippen LogP contribution in [-0.2, 0) is 6.54 Å². The van der Waals surface area contributed by atoms with Crippen molar-refractivity contribution in [1.29, 1.82) is 0 Å². The third kappa shape index (κ3) is 3.13. The Morgan fingerprint density at radius 1 is 1.03 bits per heavy atom. The van der Waals surface area contributed by atoms with Gasteiger partial charge in [0.05, 0.1) is 12.8 Å². The minimum Gasteiger partial charge on any atom is -0.461 e. The number of rotatable bonds is 5. The second-order valence-corrected chi connectivity index (χ2v) is 8.20. The van der Waals surface area contributed by atoms with Crippen LogP contribution in [0.1, 0.15) is 37.0 Å². The Bertz CT molecular complexity index is 1130. The van der Waals surface area contributed by atoms with Crippen LogP contribution in [-0.4, -0.2) is 38.3 Å². The summed E-state index contributed by atoms with van der Waals surface area (Å²) in [5, 5.41) is 12.6. The zero-order valence-electron chi connectivity index (χ0n) is 16.4. The van der Waals surface area contributed by atoms with E-state index in [-0.39, 0.29) is 0 Å². The molecule has 0 N–H and O–H groups in total. The Labute approximate surface area is 172 Å². The van der Waals surface area contributed by atoms with Crippen molar-refractivity contribution < 1.29 is 13.4 Å². The van der Waals surface area contributed by atoms with E-state index in [0.717, 1.165) is 43.8 Å². The smallest absolute Gasteiger partial charge is 0.247 e. The highest BCUT2D eigenvalue weighted by Gasteiger charge is 2.58. The SMILES string of the molecule is c1ccc(-c2nnc(C3CC34CCN(Cc3nc(-c5ccco5)no3)CC4)o2)cc1. The molecule has 4 heterocycles. The average Bonchev–Trinajstić information content (AvgIpc) is 3.31. The number of nitrogens with zero attached hydrogens (tertiary/aromatic N) is 5. The van der Waals surface area contributed by atoms with Crippen molar-refractivity contribution in [2.75, 3.05) is 13.1 Å². The lowest BCUT2D eigenvalue weighted by molar-refractivity contribution is 0.144. The van der Waals surface area contributed by atoms with E-state index >= 15 is 0 Å². The molecule has 4 aromatic rings. The lowest BCUT2D eigenvalue weighted by Crippen LogP contribution is -2.34. The molecule has 1 aromatic carbocycles. The quantitative estimate of drug-likeness (QED) is 0.490. The number of aromatic nitrogens is 4. The molecule has 1 spiro atoms. The maximum atomic E-state index is 6.00. The predicted molar refractivity (Wildman–Crippen MR) is 106 cm³/mol. The first kappa shape index (κ1) is 17.6. The van der Waals surface area contributed by atoms with E-state index in [1.54, 1.807) is 6.26 Å². The topological polar surface area (TPSA) is 94.2 Å². The summed E-state index contributed by atoms with van der Waals surface area (Å²) in [5.41, 5.74) is 1.26. The molecule has 2 aliphatic rings. The molecule has 1 saturated heterocycles. The highest BCUT2D eigenvalue weighted by Crippen LogP contribution is 2.64. The van der Waals surface area contributed by atoms with Gasteiger partial charge in [0.15, 0.2) is 5.76 Å². The molecule has 2 fully saturated rings. The summed E-state index contributed by atoms with van der Waals surface area (Å²) in [6.07, 6.45) is 4.95. The van der Waals surface area contributed by atoms with E-state index in [1.807, 2.05) is 42.5 Å². The highest BCUT2D eigenvalue weighted by atomic mass is 16.5. The van der Waals surface area contributed by atoms with Gasteiger partial charge in [0.2, 0.25) is 23.5 Å². The molecule has 152 valence electrons. The molecule has 0 amide bonds. The van der Waals surface area contributed by atoms with Crippen molar-refractivity contribution in [3.8, 4) is 23.0 Å². The monoisotopic (exact) mass is 403 g/mol. The summed E-state index contributed by atoms with van der Waals surface area (Å²) in [6.45, 7) is 2.65. The minimum atomic E-state index is 0.297. The number of piperidine rings is 1. The van der Waals surface area contributed by atoms with Gasteiger partial charge in [-0.2, -0.15) is 4.98 Å². The van der Waals surface area contributed by atoms with Gasteiger partial charge in [-0.15, -0.1) is 10.2 Å². The highest BCUT2D eigenvalue weighted by molar-refractivity contribution is 5.52. The molecule has 1 aliphatic carbocycles. The van der Waals surface area contributed by atoms with Crippen molar-refractivity contribution >= 4 is 0 Å². The maximum Gasteiger partial charge on any atom is 0.247 e. The van der Waals surface area contributed by atoms with Crippen molar-refractivity contribution in [2.24, 2.45) is 5.41 Å². The molecule has 0 radical (unpaired) electrons. The summed E-state index contributed by atoms with van der Waals surface area (Å²) in [4.78, 5) is 6.81. The van der Waals surface area contributed by atoms with Crippen molar-refractivity contribution in [3.63, 3.8) is 0 Å². The summed E-state index contributed by atoms with van der Waals surface area (Å²) in [7, 11) is 0. The second kappa shape index (κ2) is 6.91. The predicted octanol–water partition coefficient (Wildman–Crippen LogP) is 4.15. The number of hydrogen-bond donors (Lipinski definition) is 0. The van der Waals surface area contributed by atoms with Crippen molar-refractivity contribution in [3.05, 3.63) is 60.5 Å². The molecule has 8 heteroatoms. The standard InChI is InChI=1S/C22H21N5O3/c1-2-5-15(6-3-1)20-24-25-21(29-20)16-13-22(16)8-10-27(11-9-22)14-18-23-19(26-30-18)17-7-4-12-28-17/h1-7,12,16H,8-11,13-14H2. The van der Waals surface area contributed by atoms with Crippen LogP contribution in [0.15, 0.2) is 62.1 Å². The Balaban J connectivity index is 1.07. The Hall–Kier alpha value is -3.26. The number of likely N-dealkylation sites (tertiary alicyclic amines) is 1. The van der Waals surface area contributed by atoms with E-state index in [2.05, 4.69) is 25.2 Å². The molecule has 1 aliphatic heterocycles. The van der Waals surface area contributed by atoms with Crippen LogP contribution in [0.25, 0.3) is 23.0 Å². The summed E-state index contributed by atoms with van der Waals surface area (Å²) in [5.74, 6) is 3.50. The van der Waals surface area contributed by atoms with Crippen LogP contribution < -0.4 is 0 Å². The molecular weight excluding hydrogens is 382 g/mol. The van der Waals surface area contributed by atoms with E-state index in [4.69, 9.17) is 13.4 Å². The van der Waals surface area contributed by atoms with Crippen molar-refractivity contribution in [1.82, 2.24) is 25.2 Å². The fourth-order valence-corrected chi connectivity index (χ4v) is 4.49. The molecule has 6 rings (SSSR count).